The van der Waals surface area contributed by atoms with Gasteiger partial charge in [0.15, 0.2) is 0 Å². The van der Waals surface area contributed by atoms with E-state index in [0.29, 0.717) is 5.69 Å². The van der Waals surface area contributed by atoms with E-state index in [1.54, 1.807) is 12.1 Å². The molecule has 0 fully saturated rings. The van der Waals surface area contributed by atoms with Gasteiger partial charge >= 0.3 is 37.7 Å². The summed E-state index contributed by atoms with van der Waals surface area (Å²) in [4.78, 5) is 4.56. The summed E-state index contributed by atoms with van der Waals surface area (Å²) in [5, 5.41) is 4.67. The molecule has 18 heavy (non-hydrogen) atoms. The molecular weight excluding hydrogens is 212 g/mol. The molecule has 0 spiro atoms. The van der Waals surface area contributed by atoms with Crippen molar-refractivity contribution < 1.29 is 37.7 Å². The summed E-state index contributed by atoms with van der Waals surface area (Å²) >= 11 is 0. The van der Waals surface area contributed by atoms with Crippen LogP contribution in [0.25, 0.3) is 11.1 Å². The monoisotopic (exact) mass is 229 g/mol. The van der Waals surface area contributed by atoms with E-state index in [-0.39, 0.29) is 43.8 Å². The molecule has 1 aliphatic heterocycles. The van der Waals surface area contributed by atoms with Crippen LogP contribution in [-0.2, 0) is 0 Å². The van der Waals surface area contributed by atoms with Crippen LogP contribution in [0.5, 0.6) is 0 Å². The molecule has 0 saturated heterocycles. The molecule has 0 amide bonds. The summed E-state index contributed by atoms with van der Waals surface area (Å²) in [6.45, 7) is 4.23. The normalized spacial score (nSPS) is 16.6. The molecule has 1 unspecified atom stereocenters. The summed E-state index contributed by atoms with van der Waals surface area (Å²) in [5.74, 6) is 0. The van der Waals surface area contributed by atoms with Crippen molar-refractivity contribution in [2.24, 2.45) is 4.99 Å². The summed E-state index contributed by atoms with van der Waals surface area (Å²) in [7, 11) is 0. The molecule has 0 aliphatic carbocycles. The standard InChI is InChI=1S/C13H17N3.2Li/c1-3-4-5-11-9(2)15-12-7-6-10(14)8-13(12)16-11;;/h6-8,11,14H,3-5H2,1-2H3;;/q-2;2*+1. The van der Waals surface area contributed by atoms with Crippen LogP contribution < -0.4 is 37.7 Å². The van der Waals surface area contributed by atoms with E-state index in [9.17, 15) is 0 Å². The average Bonchev–Trinajstić information content (AvgIpc) is 2.27. The first-order chi connectivity index (χ1) is 7.70. The number of benzene rings is 1. The van der Waals surface area contributed by atoms with Crippen molar-refractivity contribution in [1.82, 2.24) is 0 Å². The number of aliphatic imine (C=N–C) groups is 1. The van der Waals surface area contributed by atoms with E-state index in [1.165, 1.54) is 12.8 Å². The predicted molar refractivity (Wildman–Crippen MR) is 69.5 cm³/mol. The van der Waals surface area contributed by atoms with Gasteiger partial charge in [0.2, 0.25) is 0 Å². The first kappa shape index (κ1) is 17.7. The fraction of sp³-hybridized carbons (Fsp3) is 0.462. The second-order valence-corrected chi connectivity index (χ2v) is 4.24. The van der Waals surface area contributed by atoms with Crippen molar-refractivity contribution in [1.29, 1.82) is 0 Å². The van der Waals surface area contributed by atoms with E-state index in [4.69, 9.17) is 5.73 Å². The zero-order valence-electron chi connectivity index (χ0n) is 11.8. The second kappa shape index (κ2) is 7.98. The van der Waals surface area contributed by atoms with E-state index in [2.05, 4.69) is 17.2 Å². The smallest absolute Gasteiger partial charge is 0.699 e. The van der Waals surface area contributed by atoms with Crippen LogP contribution in [0.4, 0.5) is 17.1 Å². The van der Waals surface area contributed by atoms with E-state index < -0.39 is 0 Å². The topological polar surface area (TPSA) is 50.3 Å². The number of fused-ring (bicyclic) bond motifs is 1. The minimum Gasteiger partial charge on any atom is -0.699 e. The van der Waals surface area contributed by atoms with Gasteiger partial charge in [-0.25, -0.2) is 0 Å². The Balaban J connectivity index is 0.00000144. The number of hydrogen-bond acceptors (Lipinski definition) is 1. The summed E-state index contributed by atoms with van der Waals surface area (Å²) < 4.78 is 0. The van der Waals surface area contributed by atoms with E-state index in [0.717, 1.165) is 23.5 Å². The van der Waals surface area contributed by atoms with Crippen molar-refractivity contribution in [3.8, 4) is 0 Å². The van der Waals surface area contributed by atoms with Crippen LogP contribution in [0.2, 0.25) is 0 Å². The van der Waals surface area contributed by atoms with Crippen LogP contribution in [0, 0.1) is 0 Å². The molecule has 1 aromatic carbocycles. The Bertz CT molecular complexity index is 419. The fourth-order valence-electron chi connectivity index (χ4n) is 1.92. The molecule has 0 radical (unpaired) electrons. The molecule has 0 saturated carbocycles. The summed E-state index contributed by atoms with van der Waals surface area (Å²) in [6, 6.07) is 5.65. The van der Waals surface area contributed by atoms with Gasteiger partial charge in [0.1, 0.15) is 0 Å². The van der Waals surface area contributed by atoms with Crippen molar-refractivity contribution in [3.05, 3.63) is 29.2 Å². The van der Waals surface area contributed by atoms with Crippen molar-refractivity contribution in [3.63, 3.8) is 0 Å². The Morgan fingerprint density at radius 2 is 2.06 bits per heavy atom. The average molecular weight is 229 g/mol. The van der Waals surface area contributed by atoms with Crippen LogP contribution in [0.3, 0.4) is 0 Å². The van der Waals surface area contributed by atoms with Gasteiger partial charge in [-0.05, 0) is 13.0 Å². The van der Waals surface area contributed by atoms with Crippen molar-refractivity contribution in [2.75, 3.05) is 0 Å². The SMILES string of the molecule is CCCCC1[N-]c2cc([NH-])ccc2N=C1C.[Li+].[Li+]. The van der Waals surface area contributed by atoms with Crippen LogP contribution in [0.1, 0.15) is 33.1 Å². The molecule has 1 atom stereocenters. The molecule has 0 bridgehead atoms. The van der Waals surface area contributed by atoms with Gasteiger partial charge in [0, 0.05) is 11.4 Å². The number of rotatable bonds is 3. The molecule has 3 nitrogen and oxygen atoms in total. The Morgan fingerprint density at radius 1 is 1.33 bits per heavy atom. The van der Waals surface area contributed by atoms with Gasteiger partial charge in [0.05, 0.1) is 0 Å². The zero-order valence-corrected chi connectivity index (χ0v) is 11.8. The quantitative estimate of drug-likeness (QED) is 0.600. The minimum absolute atomic E-state index is 0. The molecule has 5 heteroatoms. The molecule has 86 valence electrons. The minimum atomic E-state index is 0. The van der Waals surface area contributed by atoms with Crippen molar-refractivity contribution >= 4 is 22.8 Å². The second-order valence-electron chi connectivity index (χ2n) is 4.24. The van der Waals surface area contributed by atoms with Gasteiger partial charge in [-0.3, -0.25) is 4.99 Å². The van der Waals surface area contributed by atoms with Crippen LogP contribution in [0.15, 0.2) is 23.2 Å². The van der Waals surface area contributed by atoms with Gasteiger partial charge < -0.3 is 11.1 Å². The number of unbranched alkanes of at least 4 members (excludes halogenated alkanes) is 1. The summed E-state index contributed by atoms with van der Waals surface area (Å²) in [5.41, 5.74) is 11.0. The maximum atomic E-state index is 7.58. The molecule has 0 aromatic heterocycles. The zero-order chi connectivity index (χ0) is 11.5. The van der Waals surface area contributed by atoms with Gasteiger partial charge in [-0.2, -0.15) is 0 Å². The molecule has 2 rings (SSSR count). The Morgan fingerprint density at radius 3 is 2.72 bits per heavy atom. The van der Waals surface area contributed by atoms with Crippen molar-refractivity contribution in [2.45, 2.75) is 39.2 Å². The third-order valence-electron chi connectivity index (χ3n) is 2.88. The third-order valence-corrected chi connectivity index (χ3v) is 2.88. The Hall–Kier alpha value is -0.315. The van der Waals surface area contributed by atoms with Crippen LogP contribution >= 0.6 is 0 Å². The molecular formula is C13H17Li2N3. The van der Waals surface area contributed by atoms with Gasteiger partial charge in [-0.15, -0.1) is 11.4 Å². The van der Waals surface area contributed by atoms with Gasteiger partial charge in [-0.1, -0.05) is 44.4 Å². The maximum absolute atomic E-state index is 7.58. The molecule has 1 aromatic rings. The third kappa shape index (κ3) is 4.11. The maximum Gasteiger partial charge on any atom is 1.00 e. The van der Waals surface area contributed by atoms with Crippen LogP contribution in [-0.4, -0.2) is 11.8 Å². The van der Waals surface area contributed by atoms with E-state index in [1.807, 2.05) is 13.0 Å². The Labute approximate surface area is 133 Å². The van der Waals surface area contributed by atoms with E-state index >= 15 is 0 Å². The molecule has 1 aliphatic rings. The largest absolute Gasteiger partial charge is 1.00 e. The first-order valence-electron chi connectivity index (χ1n) is 5.82. The summed E-state index contributed by atoms with van der Waals surface area (Å²) in [6.07, 6.45) is 3.43. The number of hydrogen-bond donors (Lipinski definition) is 0. The predicted octanol–water partition coefficient (Wildman–Crippen LogP) is -0.952. The Kier molecular flexibility index (Phi) is 7.84. The molecule has 1 N–H and O–H groups in total. The number of nitrogens with zero attached hydrogens (tertiary/aromatic N) is 2. The van der Waals surface area contributed by atoms with Gasteiger partial charge in [0.25, 0.3) is 0 Å². The molecule has 1 heterocycles. The fourth-order valence-corrected chi connectivity index (χ4v) is 1.92. The number of nitrogens with one attached hydrogen (secondary N) is 1. The first-order valence-corrected chi connectivity index (χ1v) is 5.82.